The molecule has 0 amide bonds. The third-order valence-electron chi connectivity index (χ3n) is 2.08. The van der Waals surface area contributed by atoms with Crippen molar-refractivity contribution in [3.05, 3.63) is 0 Å². The van der Waals surface area contributed by atoms with Crippen molar-refractivity contribution in [1.82, 2.24) is 5.32 Å². The van der Waals surface area contributed by atoms with Gasteiger partial charge in [-0.25, -0.2) is 0 Å². The number of rotatable bonds is 5. The van der Waals surface area contributed by atoms with E-state index in [-0.39, 0.29) is 6.61 Å². The second-order valence-corrected chi connectivity index (χ2v) is 2.85. The Morgan fingerprint density at radius 1 is 1.40 bits per heavy atom. The molecule has 0 aliphatic rings. The second kappa shape index (κ2) is 5.69. The molecule has 10 heavy (non-hydrogen) atoms. The topological polar surface area (TPSA) is 32.3 Å². The highest BCUT2D eigenvalue weighted by Gasteiger charge is 2.07. The molecule has 0 saturated heterocycles. The van der Waals surface area contributed by atoms with Gasteiger partial charge in [0.2, 0.25) is 0 Å². The second-order valence-electron chi connectivity index (χ2n) is 2.85. The van der Waals surface area contributed by atoms with Crippen LogP contribution < -0.4 is 5.32 Å². The van der Waals surface area contributed by atoms with Crippen LogP contribution in [0.15, 0.2) is 0 Å². The number of nitrogens with one attached hydrogen (secondary N) is 1. The van der Waals surface area contributed by atoms with Crippen LogP contribution in [-0.2, 0) is 0 Å². The van der Waals surface area contributed by atoms with Gasteiger partial charge in [0.1, 0.15) is 0 Å². The lowest BCUT2D eigenvalue weighted by Crippen LogP contribution is -2.33. The molecular formula is C8H19NO. The molecule has 2 N–H and O–H groups in total. The van der Waals surface area contributed by atoms with Crippen molar-refractivity contribution in [2.75, 3.05) is 13.2 Å². The van der Waals surface area contributed by atoms with Gasteiger partial charge in [-0.1, -0.05) is 20.3 Å². The Hall–Kier alpha value is -0.0800. The van der Waals surface area contributed by atoms with Crippen molar-refractivity contribution in [1.29, 1.82) is 0 Å². The zero-order valence-electron chi connectivity index (χ0n) is 7.22. The standard InChI is InChI=1S/C8H19NO/c1-4-7(2)8(3)9-5-6-10/h7-10H,4-6H2,1-3H3/t7-,8+/m0/s1. The fourth-order valence-electron chi connectivity index (χ4n) is 0.847. The summed E-state index contributed by atoms with van der Waals surface area (Å²) in [5.41, 5.74) is 0. The highest BCUT2D eigenvalue weighted by atomic mass is 16.3. The van der Waals surface area contributed by atoms with E-state index in [1.165, 1.54) is 6.42 Å². The highest BCUT2D eigenvalue weighted by molar-refractivity contribution is 4.65. The Morgan fingerprint density at radius 3 is 2.40 bits per heavy atom. The van der Waals surface area contributed by atoms with E-state index in [1.807, 2.05) is 0 Å². The first kappa shape index (κ1) is 9.92. The Labute approximate surface area is 63.6 Å². The van der Waals surface area contributed by atoms with E-state index in [0.717, 1.165) is 0 Å². The minimum absolute atomic E-state index is 0.237. The highest BCUT2D eigenvalue weighted by Crippen LogP contribution is 2.05. The lowest BCUT2D eigenvalue weighted by atomic mass is 10.0. The smallest absolute Gasteiger partial charge is 0.0556 e. The zero-order valence-corrected chi connectivity index (χ0v) is 7.22. The van der Waals surface area contributed by atoms with Gasteiger partial charge in [-0.15, -0.1) is 0 Å². The summed E-state index contributed by atoms with van der Waals surface area (Å²) in [7, 11) is 0. The molecule has 0 heterocycles. The molecular weight excluding hydrogens is 126 g/mol. The van der Waals surface area contributed by atoms with E-state index >= 15 is 0 Å². The van der Waals surface area contributed by atoms with Crippen molar-refractivity contribution < 1.29 is 5.11 Å². The Kier molecular flexibility index (Phi) is 5.64. The van der Waals surface area contributed by atoms with Gasteiger partial charge in [0.15, 0.2) is 0 Å². The predicted octanol–water partition coefficient (Wildman–Crippen LogP) is 1.00. The van der Waals surface area contributed by atoms with E-state index in [0.29, 0.717) is 18.5 Å². The molecule has 0 rings (SSSR count). The molecule has 0 bridgehead atoms. The average Bonchev–Trinajstić information content (AvgIpc) is 1.98. The molecule has 2 atom stereocenters. The first-order valence-corrected chi connectivity index (χ1v) is 4.06. The third-order valence-corrected chi connectivity index (χ3v) is 2.08. The van der Waals surface area contributed by atoms with E-state index in [4.69, 9.17) is 5.11 Å². The molecule has 0 unspecified atom stereocenters. The normalized spacial score (nSPS) is 16.8. The molecule has 0 aliphatic carbocycles. The summed E-state index contributed by atoms with van der Waals surface area (Å²) < 4.78 is 0. The van der Waals surface area contributed by atoms with Crippen LogP contribution in [0.3, 0.4) is 0 Å². The summed E-state index contributed by atoms with van der Waals surface area (Å²) in [6, 6.07) is 0.525. The SMILES string of the molecule is CC[C@H](C)[C@@H](C)NCCO. The fraction of sp³-hybridized carbons (Fsp3) is 1.00. The maximum atomic E-state index is 8.51. The number of hydrogen-bond donors (Lipinski definition) is 2. The van der Waals surface area contributed by atoms with Crippen molar-refractivity contribution in [3.63, 3.8) is 0 Å². The van der Waals surface area contributed by atoms with Gasteiger partial charge in [0.25, 0.3) is 0 Å². The van der Waals surface area contributed by atoms with Crippen molar-refractivity contribution in [2.24, 2.45) is 5.92 Å². The quantitative estimate of drug-likeness (QED) is 0.605. The molecule has 0 fully saturated rings. The van der Waals surface area contributed by atoms with Crippen LogP contribution in [-0.4, -0.2) is 24.3 Å². The van der Waals surface area contributed by atoms with Gasteiger partial charge in [-0.2, -0.15) is 0 Å². The summed E-state index contributed by atoms with van der Waals surface area (Å²) in [4.78, 5) is 0. The van der Waals surface area contributed by atoms with Crippen LogP contribution in [0.4, 0.5) is 0 Å². The van der Waals surface area contributed by atoms with Crippen molar-refractivity contribution >= 4 is 0 Å². The first-order chi connectivity index (χ1) is 4.72. The fourth-order valence-corrected chi connectivity index (χ4v) is 0.847. The molecule has 0 aliphatic heterocycles. The largest absolute Gasteiger partial charge is 0.395 e. The maximum absolute atomic E-state index is 8.51. The van der Waals surface area contributed by atoms with Crippen LogP contribution in [0, 0.1) is 5.92 Å². The van der Waals surface area contributed by atoms with Gasteiger partial charge in [0.05, 0.1) is 6.61 Å². The molecule has 0 saturated carbocycles. The summed E-state index contributed by atoms with van der Waals surface area (Å²) in [5, 5.41) is 11.7. The van der Waals surface area contributed by atoms with Crippen LogP contribution in [0.5, 0.6) is 0 Å². The van der Waals surface area contributed by atoms with Gasteiger partial charge >= 0.3 is 0 Å². The molecule has 2 nitrogen and oxygen atoms in total. The summed E-state index contributed by atoms with van der Waals surface area (Å²) in [5.74, 6) is 0.701. The van der Waals surface area contributed by atoms with E-state index in [9.17, 15) is 0 Å². The van der Waals surface area contributed by atoms with Crippen LogP contribution in [0.25, 0.3) is 0 Å². The molecule has 0 aromatic heterocycles. The monoisotopic (exact) mass is 145 g/mol. The Morgan fingerprint density at radius 2 is 2.00 bits per heavy atom. The molecule has 0 aromatic carbocycles. The number of aliphatic hydroxyl groups is 1. The zero-order chi connectivity index (χ0) is 7.98. The van der Waals surface area contributed by atoms with E-state index in [2.05, 4.69) is 26.1 Å². The van der Waals surface area contributed by atoms with Gasteiger partial charge in [-0.05, 0) is 12.8 Å². The molecule has 62 valence electrons. The molecule has 0 radical (unpaired) electrons. The van der Waals surface area contributed by atoms with Crippen molar-refractivity contribution in [3.8, 4) is 0 Å². The van der Waals surface area contributed by atoms with Gasteiger partial charge in [0, 0.05) is 12.6 Å². The molecule has 2 heteroatoms. The van der Waals surface area contributed by atoms with Crippen molar-refractivity contribution in [2.45, 2.75) is 33.2 Å². The lowest BCUT2D eigenvalue weighted by Gasteiger charge is -2.18. The summed E-state index contributed by atoms with van der Waals surface area (Å²) >= 11 is 0. The summed E-state index contributed by atoms with van der Waals surface area (Å²) in [6.45, 7) is 7.51. The summed E-state index contributed by atoms with van der Waals surface area (Å²) in [6.07, 6.45) is 1.19. The van der Waals surface area contributed by atoms with Crippen LogP contribution in [0.2, 0.25) is 0 Å². The van der Waals surface area contributed by atoms with Crippen LogP contribution >= 0.6 is 0 Å². The van der Waals surface area contributed by atoms with Gasteiger partial charge < -0.3 is 10.4 Å². The number of hydrogen-bond acceptors (Lipinski definition) is 2. The lowest BCUT2D eigenvalue weighted by molar-refractivity contribution is 0.273. The predicted molar refractivity (Wildman–Crippen MR) is 44.0 cm³/mol. The van der Waals surface area contributed by atoms with Gasteiger partial charge in [-0.3, -0.25) is 0 Å². The van der Waals surface area contributed by atoms with E-state index in [1.54, 1.807) is 0 Å². The molecule has 0 aromatic rings. The Bertz CT molecular complexity index is 75.7. The maximum Gasteiger partial charge on any atom is 0.0556 e. The average molecular weight is 145 g/mol. The Balaban J connectivity index is 3.31. The first-order valence-electron chi connectivity index (χ1n) is 4.06. The number of aliphatic hydroxyl groups excluding tert-OH is 1. The minimum Gasteiger partial charge on any atom is -0.395 e. The van der Waals surface area contributed by atoms with E-state index < -0.39 is 0 Å². The molecule has 0 spiro atoms. The third kappa shape index (κ3) is 3.85. The minimum atomic E-state index is 0.237. The van der Waals surface area contributed by atoms with Crippen LogP contribution in [0.1, 0.15) is 27.2 Å².